The summed E-state index contributed by atoms with van der Waals surface area (Å²) in [5.41, 5.74) is 7.52. The van der Waals surface area contributed by atoms with Gasteiger partial charge in [0.05, 0.1) is 12.6 Å². The van der Waals surface area contributed by atoms with Gasteiger partial charge in [-0.15, -0.1) is 11.3 Å². The van der Waals surface area contributed by atoms with Crippen LogP contribution in [0.2, 0.25) is 0 Å². The number of nitrogens with one attached hydrogen (secondary N) is 2. The maximum Gasteiger partial charge on any atom is 0.247 e. The molecule has 2 N–H and O–H groups in total. The third kappa shape index (κ3) is 3.93. The molecule has 2 heterocycles. The highest BCUT2D eigenvalue weighted by Gasteiger charge is 2.36. The van der Waals surface area contributed by atoms with Crippen molar-refractivity contribution in [3.8, 4) is 0 Å². The topological polar surface area (TPSA) is 44.4 Å². The molecule has 4 nitrogen and oxygen atoms in total. The minimum absolute atomic E-state index is 0.0430. The molecule has 0 bridgehead atoms. The summed E-state index contributed by atoms with van der Waals surface area (Å²) in [5, 5.41) is 2.05. The van der Waals surface area contributed by atoms with Gasteiger partial charge in [0, 0.05) is 23.0 Å². The summed E-state index contributed by atoms with van der Waals surface area (Å²) >= 11 is 1.69. The van der Waals surface area contributed by atoms with Crippen molar-refractivity contribution in [1.82, 2.24) is 15.8 Å². The van der Waals surface area contributed by atoms with E-state index in [1.807, 2.05) is 47.4 Å². The van der Waals surface area contributed by atoms with Gasteiger partial charge in [-0.1, -0.05) is 36.4 Å². The van der Waals surface area contributed by atoms with Gasteiger partial charge in [0.2, 0.25) is 5.91 Å². The molecule has 1 aromatic carbocycles. The predicted molar refractivity (Wildman–Crippen MR) is 99.3 cm³/mol. The van der Waals surface area contributed by atoms with Gasteiger partial charge in [0.15, 0.2) is 0 Å². The standard InChI is InChI=1S/C19H23N3OS/c1-14-19(15(2)21-20-14)22(13-17-9-6-12-24-17)18(23)11-10-16-7-4-3-5-8-16/h3-12,14-15,19-21H,13H2,1-2H3/b11-10+. The van der Waals surface area contributed by atoms with Crippen LogP contribution in [0.1, 0.15) is 24.3 Å². The maximum absolute atomic E-state index is 12.9. The lowest BCUT2D eigenvalue weighted by atomic mass is 10.0. The molecule has 3 rings (SSSR count). The van der Waals surface area contributed by atoms with Gasteiger partial charge in [-0.2, -0.15) is 0 Å². The zero-order chi connectivity index (χ0) is 16.9. The Morgan fingerprint density at radius 3 is 2.46 bits per heavy atom. The van der Waals surface area contributed by atoms with Crippen LogP contribution in [-0.4, -0.2) is 28.9 Å². The molecule has 2 aromatic rings. The molecule has 0 spiro atoms. The van der Waals surface area contributed by atoms with Gasteiger partial charge in [0.1, 0.15) is 0 Å². The Kier molecular flexibility index (Phi) is 5.45. The van der Waals surface area contributed by atoms with Crippen molar-refractivity contribution < 1.29 is 4.79 Å². The van der Waals surface area contributed by atoms with Crippen LogP contribution in [0.4, 0.5) is 0 Å². The Hall–Kier alpha value is -1.95. The molecule has 0 saturated carbocycles. The largest absolute Gasteiger partial charge is 0.328 e. The highest BCUT2D eigenvalue weighted by atomic mass is 32.1. The molecule has 1 saturated heterocycles. The fourth-order valence-electron chi connectivity index (χ4n) is 3.13. The van der Waals surface area contributed by atoms with Crippen molar-refractivity contribution in [3.05, 3.63) is 64.4 Å². The molecule has 1 fully saturated rings. The maximum atomic E-state index is 12.9. The van der Waals surface area contributed by atoms with Gasteiger partial charge in [-0.3, -0.25) is 15.6 Å². The van der Waals surface area contributed by atoms with E-state index in [1.165, 1.54) is 4.88 Å². The van der Waals surface area contributed by atoms with E-state index < -0.39 is 0 Å². The molecular formula is C19H23N3OS. The third-order valence-electron chi connectivity index (χ3n) is 4.33. The Morgan fingerprint density at radius 1 is 1.12 bits per heavy atom. The number of thiophene rings is 1. The zero-order valence-electron chi connectivity index (χ0n) is 14.0. The summed E-state index contributed by atoms with van der Waals surface area (Å²) in [6, 6.07) is 14.5. The quantitative estimate of drug-likeness (QED) is 0.822. The molecule has 2 atom stereocenters. The normalized spacial score (nSPS) is 23.7. The van der Waals surface area contributed by atoms with Crippen LogP contribution in [0.3, 0.4) is 0 Å². The molecule has 24 heavy (non-hydrogen) atoms. The van der Waals surface area contributed by atoms with Crippen molar-refractivity contribution in [2.24, 2.45) is 0 Å². The Balaban J connectivity index is 1.80. The molecular weight excluding hydrogens is 318 g/mol. The SMILES string of the molecule is CC1NNC(C)C1N(Cc1cccs1)C(=O)/C=C/c1ccccc1. The van der Waals surface area contributed by atoms with Crippen LogP contribution in [-0.2, 0) is 11.3 Å². The molecule has 0 radical (unpaired) electrons. The molecule has 5 heteroatoms. The lowest BCUT2D eigenvalue weighted by Gasteiger charge is -2.32. The minimum Gasteiger partial charge on any atom is -0.328 e. The van der Waals surface area contributed by atoms with Gasteiger partial charge < -0.3 is 4.90 Å². The first-order valence-corrected chi connectivity index (χ1v) is 9.10. The number of nitrogens with zero attached hydrogens (tertiary/aromatic N) is 1. The van der Waals surface area contributed by atoms with Gasteiger partial charge >= 0.3 is 0 Å². The minimum atomic E-state index is 0.0430. The lowest BCUT2D eigenvalue weighted by Crippen LogP contribution is -2.48. The fourth-order valence-corrected chi connectivity index (χ4v) is 3.84. The van der Waals surface area contributed by atoms with E-state index in [4.69, 9.17) is 0 Å². The summed E-state index contributed by atoms with van der Waals surface area (Å²) in [6.07, 6.45) is 3.57. The van der Waals surface area contributed by atoms with Crippen LogP contribution in [0.5, 0.6) is 0 Å². The summed E-state index contributed by atoms with van der Waals surface area (Å²) in [4.78, 5) is 16.1. The average molecular weight is 341 g/mol. The number of hydrazine groups is 1. The number of rotatable bonds is 5. The molecule has 1 aliphatic rings. The van der Waals surface area contributed by atoms with Gasteiger partial charge in [-0.25, -0.2) is 0 Å². The number of carbonyl (C=O) groups excluding carboxylic acids is 1. The molecule has 0 aliphatic carbocycles. The van der Waals surface area contributed by atoms with Gasteiger partial charge in [-0.05, 0) is 36.9 Å². The Morgan fingerprint density at radius 2 is 1.83 bits per heavy atom. The Labute approximate surface area is 147 Å². The number of hydrogen-bond donors (Lipinski definition) is 2. The number of carbonyl (C=O) groups is 1. The van der Waals surface area contributed by atoms with E-state index in [9.17, 15) is 4.79 Å². The molecule has 1 amide bonds. The van der Waals surface area contributed by atoms with Crippen LogP contribution in [0.15, 0.2) is 53.9 Å². The van der Waals surface area contributed by atoms with Crippen molar-refractivity contribution in [1.29, 1.82) is 0 Å². The molecule has 1 aromatic heterocycles. The van der Waals surface area contributed by atoms with Crippen molar-refractivity contribution in [2.45, 2.75) is 38.5 Å². The van der Waals surface area contributed by atoms with E-state index in [0.29, 0.717) is 6.54 Å². The lowest BCUT2D eigenvalue weighted by molar-refractivity contribution is -0.129. The van der Waals surface area contributed by atoms with Crippen molar-refractivity contribution >= 4 is 23.3 Å². The van der Waals surface area contributed by atoms with Crippen LogP contribution >= 0.6 is 11.3 Å². The Bertz CT molecular complexity index is 674. The van der Waals surface area contributed by atoms with Crippen molar-refractivity contribution in [3.63, 3.8) is 0 Å². The van der Waals surface area contributed by atoms with E-state index in [2.05, 4.69) is 36.1 Å². The van der Waals surface area contributed by atoms with Crippen LogP contribution in [0, 0.1) is 0 Å². The summed E-state index contributed by atoms with van der Waals surface area (Å²) in [6.45, 7) is 4.85. The van der Waals surface area contributed by atoms with Crippen LogP contribution in [0.25, 0.3) is 6.08 Å². The van der Waals surface area contributed by atoms with E-state index >= 15 is 0 Å². The third-order valence-corrected chi connectivity index (χ3v) is 5.19. The first-order chi connectivity index (χ1) is 11.6. The molecule has 126 valence electrons. The second kappa shape index (κ2) is 7.75. The van der Waals surface area contributed by atoms with E-state index in [0.717, 1.165) is 5.56 Å². The highest BCUT2D eigenvalue weighted by Crippen LogP contribution is 2.20. The summed E-state index contributed by atoms with van der Waals surface area (Å²) in [5.74, 6) is 0.0430. The summed E-state index contributed by atoms with van der Waals surface area (Å²) < 4.78 is 0. The van der Waals surface area contributed by atoms with E-state index in [1.54, 1.807) is 17.4 Å². The first-order valence-electron chi connectivity index (χ1n) is 8.22. The number of amides is 1. The van der Waals surface area contributed by atoms with Crippen molar-refractivity contribution in [2.75, 3.05) is 0 Å². The molecule has 1 aliphatic heterocycles. The van der Waals surface area contributed by atoms with Crippen LogP contribution < -0.4 is 10.9 Å². The second-order valence-corrected chi connectivity index (χ2v) is 7.18. The average Bonchev–Trinajstić information content (AvgIpc) is 3.22. The smallest absolute Gasteiger partial charge is 0.247 e. The fraction of sp³-hybridized carbons (Fsp3) is 0.316. The molecule has 2 unspecified atom stereocenters. The van der Waals surface area contributed by atoms with E-state index in [-0.39, 0.29) is 24.0 Å². The number of hydrogen-bond acceptors (Lipinski definition) is 4. The highest BCUT2D eigenvalue weighted by molar-refractivity contribution is 7.09. The first kappa shape index (κ1) is 16.9. The monoisotopic (exact) mass is 341 g/mol. The number of benzene rings is 1. The second-order valence-electron chi connectivity index (χ2n) is 6.15. The predicted octanol–water partition coefficient (Wildman–Crippen LogP) is 3.04. The van der Waals surface area contributed by atoms with Gasteiger partial charge in [0.25, 0.3) is 0 Å². The zero-order valence-corrected chi connectivity index (χ0v) is 14.8. The summed E-state index contributed by atoms with van der Waals surface area (Å²) in [7, 11) is 0.